The Bertz CT molecular complexity index is 539. The van der Waals surface area contributed by atoms with E-state index in [1.165, 1.54) is 0 Å². The third-order valence-electron chi connectivity index (χ3n) is 3.15. The van der Waals surface area contributed by atoms with Gasteiger partial charge >= 0.3 is 0 Å². The Morgan fingerprint density at radius 2 is 2.20 bits per heavy atom. The second-order valence-corrected chi connectivity index (χ2v) is 4.81. The van der Waals surface area contributed by atoms with Crippen LogP contribution >= 0.6 is 0 Å². The molecule has 1 atom stereocenters. The molecule has 0 bridgehead atoms. The number of nitrogens with zero attached hydrogens (tertiary/aromatic N) is 3. The Morgan fingerprint density at radius 3 is 2.95 bits per heavy atom. The molecule has 108 valence electrons. The number of rotatable bonds is 7. The summed E-state index contributed by atoms with van der Waals surface area (Å²) in [5.74, 6) is 1.64. The number of aliphatic hydroxyl groups excluding tert-OH is 1. The molecule has 1 unspecified atom stereocenters. The van der Waals surface area contributed by atoms with Crippen LogP contribution in [0.2, 0.25) is 0 Å². The minimum Gasteiger partial charge on any atom is -0.497 e. The first-order valence-electron chi connectivity index (χ1n) is 6.90. The van der Waals surface area contributed by atoms with Gasteiger partial charge in [0.25, 0.3) is 0 Å². The number of methoxy groups -OCH3 is 1. The largest absolute Gasteiger partial charge is 0.497 e. The molecule has 20 heavy (non-hydrogen) atoms. The lowest BCUT2D eigenvalue weighted by atomic mass is 10.1. The summed E-state index contributed by atoms with van der Waals surface area (Å²) in [5, 5.41) is 14.4. The molecule has 0 amide bonds. The average molecular weight is 275 g/mol. The number of hydrogen-bond donors (Lipinski definition) is 1. The third-order valence-corrected chi connectivity index (χ3v) is 3.15. The van der Waals surface area contributed by atoms with Gasteiger partial charge < -0.3 is 9.84 Å². The summed E-state index contributed by atoms with van der Waals surface area (Å²) < 4.78 is 7.04. The van der Waals surface area contributed by atoms with Crippen LogP contribution in [0.15, 0.2) is 30.6 Å². The third kappa shape index (κ3) is 3.81. The summed E-state index contributed by atoms with van der Waals surface area (Å²) in [5.41, 5.74) is 1.05. The van der Waals surface area contributed by atoms with E-state index in [0.717, 1.165) is 30.1 Å². The zero-order chi connectivity index (χ0) is 14.4. The van der Waals surface area contributed by atoms with Crippen LogP contribution < -0.4 is 4.74 Å². The quantitative estimate of drug-likeness (QED) is 0.837. The fourth-order valence-electron chi connectivity index (χ4n) is 2.20. The second kappa shape index (κ2) is 7.05. The highest BCUT2D eigenvalue weighted by Crippen LogP contribution is 2.15. The summed E-state index contributed by atoms with van der Waals surface area (Å²) in [6.45, 7) is 2.93. The minimum absolute atomic E-state index is 0.470. The van der Waals surface area contributed by atoms with Gasteiger partial charge in [-0.15, -0.1) is 0 Å². The van der Waals surface area contributed by atoms with E-state index >= 15 is 0 Å². The van der Waals surface area contributed by atoms with Crippen molar-refractivity contribution in [2.75, 3.05) is 7.11 Å². The van der Waals surface area contributed by atoms with Crippen molar-refractivity contribution in [1.29, 1.82) is 0 Å². The summed E-state index contributed by atoms with van der Waals surface area (Å²) >= 11 is 0. The van der Waals surface area contributed by atoms with E-state index in [1.807, 2.05) is 28.9 Å². The predicted molar refractivity (Wildman–Crippen MR) is 76.7 cm³/mol. The second-order valence-electron chi connectivity index (χ2n) is 4.81. The van der Waals surface area contributed by atoms with Gasteiger partial charge in [0.2, 0.25) is 0 Å². The van der Waals surface area contributed by atoms with Gasteiger partial charge in [0.1, 0.15) is 17.9 Å². The topological polar surface area (TPSA) is 60.2 Å². The number of benzene rings is 1. The van der Waals surface area contributed by atoms with Gasteiger partial charge in [0, 0.05) is 13.0 Å². The molecule has 5 nitrogen and oxygen atoms in total. The molecule has 2 rings (SSSR count). The molecule has 0 saturated heterocycles. The van der Waals surface area contributed by atoms with E-state index in [0.29, 0.717) is 12.8 Å². The molecule has 1 heterocycles. The number of aryl methyl sites for hydroxylation is 1. The van der Waals surface area contributed by atoms with Crippen LogP contribution in [-0.4, -0.2) is 33.1 Å². The molecule has 1 aromatic heterocycles. The Hall–Kier alpha value is -1.88. The maximum Gasteiger partial charge on any atom is 0.138 e. The molecule has 2 aromatic rings. The maximum absolute atomic E-state index is 10.2. The van der Waals surface area contributed by atoms with Gasteiger partial charge in [-0.25, -0.2) is 4.98 Å². The molecule has 0 spiro atoms. The van der Waals surface area contributed by atoms with Crippen LogP contribution in [0.5, 0.6) is 5.75 Å². The average Bonchev–Trinajstić information content (AvgIpc) is 2.86. The summed E-state index contributed by atoms with van der Waals surface area (Å²) in [7, 11) is 1.64. The summed E-state index contributed by atoms with van der Waals surface area (Å²) in [6.07, 6.45) is 3.17. The summed E-state index contributed by atoms with van der Waals surface area (Å²) in [6, 6.07) is 7.76. The molecule has 1 N–H and O–H groups in total. The van der Waals surface area contributed by atoms with Crippen LogP contribution in [-0.2, 0) is 19.4 Å². The van der Waals surface area contributed by atoms with Crippen molar-refractivity contribution in [3.8, 4) is 5.75 Å². The highest BCUT2D eigenvalue weighted by molar-refractivity contribution is 5.28. The molecule has 0 fully saturated rings. The Balaban J connectivity index is 1.97. The Labute approximate surface area is 119 Å². The van der Waals surface area contributed by atoms with Crippen molar-refractivity contribution in [3.63, 3.8) is 0 Å². The minimum atomic E-state index is -0.470. The van der Waals surface area contributed by atoms with Crippen molar-refractivity contribution in [1.82, 2.24) is 14.8 Å². The molecule has 0 radical (unpaired) electrons. The van der Waals surface area contributed by atoms with E-state index in [4.69, 9.17) is 4.74 Å². The SMILES string of the molecule is CCCn1ncnc1CC(O)Cc1cccc(OC)c1. The number of aromatic nitrogens is 3. The van der Waals surface area contributed by atoms with E-state index in [-0.39, 0.29) is 0 Å². The van der Waals surface area contributed by atoms with E-state index < -0.39 is 6.10 Å². The fourth-order valence-corrected chi connectivity index (χ4v) is 2.20. The van der Waals surface area contributed by atoms with Gasteiger partial charge in [0.05, 0.1) is 13.2 Å². The molecule has 5 heteroatoms. The van der Waals surface area contributed by atoms with Crippen LogP contribution in [0.25, 0.3) is 0 Å². The normalized spacial score (nSPS) is 12.3. The first kappa shape index (κ1) is 14.5. The van der Waals surface area contributed by atoms with Gasteiger partial charge in [-0.1, -0.05) is 19.1 Å². The molecule has 0 aliphatic heterocycles. The number of ether oxygens (including phenoxy) is 1. The molecular weight excluding hydrogens is 254 g/mol. The zero-order valence-corrected chi connectivity index (χ0v) is 12.0. The van der Waals surface area contributed by atoms with Crippen molar-refractivity contribution in [2.45, 2.75) is 38.8 Å². The highest BCUT2D eigenvalue weighted by atomic mass is 16.5. The van der Waals surface area contributed by atoms with Crippen LogP contribution in [0.3, 0.4) is 0 Å². The standard InChI is InChI=1S/C15H21N3O2/c1-3-7-18-15(16-11-17-18)10-13(19)8-12-5-4-6-14(9-12)20-2/h4-6,9,11,13,19H,3,7-8,10H2,1-2H3. The van der Waals surface area contributed by atoms with Gasteiger partial charge in [-0.2, -0.15) is 5.10 Å². The van der Waals surface area contributed by atoms with E-state index in [9.17, 15) is 5.11 Å². The fraction of sp³-hybridized carbons (Fsp3) is 0.467. The van der Waals surface area contributed by atoms with Gasteiger partial charge in [-0.3, -0.25) is 4.68 Å². The van der Waals surface area contributed by atoms with Crippen molar-refractivity contribution in [2.24, 2.45) is 0 Å². The predicted octanol–water partition coefficient (Wildman–Crippen LogP) is 1.84. The van der Waals surface area contributed by atoms with Crippen LogP contribution in [0.1, 0.15) is 24.7 Å². The zero-order valence-electron chi connectivity index (χ0n) is 12.0. The first-order valence-corrected chi connectivity index (χ1v) is 6.90. The van der Waals surface area contributed by atoms with Gasteiger partial charge in [-0.05, 0) is 30.5 Å². The lowest BCUT2D eigenvalue weighted by Crippen LogP contribution is -2.18. The first-order chi connectivity index (χ1) is 9.72. The molecule has 0 aliphatic carbocycles. The van der Waals surface area contributed by atoms with Crippen LogP contribution in [0, 0.1) is 0 Å². The monoisotopic (exact) mass is 275 g/mol. The molecule has 1 aromatic carbocycles. The molecular formula is C15H21N3O2. The molecule has 0 saturated carbocycles. The number of aliphatic hydroxyl groups is 1. The lowest BCUT2D eigenvalue weighted by molar-refractivity contribution is 0.171. The van der Waals surface area contributed by atoms with Crippen LogP contribution in [0.4, 0.5) is 0 Å². The Kier molecular flexibility index (Phi) is 5.12. The smallest absolute Gasteiger partial charge is 0.138 e. The number of hydrogen-bond acceptors (Lipinski definition) is 4. The lowest BCUT2D eigenvalue weighted by Gasteiger charge is -2.12. The van der Waals surface area contributed by atoms with E-state index in [1.54, 1.807) is 13.4 Å². The molecule has 0 aliphatic rings. The van der Waals surface area contributed by atoms with Crippen molar-refractivity contribution in [3.05, 3.63) is 42.0 Å². The van der Waals surface area contributed by atoms with Crippen molar-refractivity contribution < 1.29 is 9.84 Å². The highest BCUT2D eigenvalue weighted by Gasteiger charge is 2.12. The van der Waals surface area contributed by atoms with E-state index in [2.05, 4.69) is 17.0 Å². The summed E-state index contributed by atoms with van der Waals surface area (Å²) in [4.78, 5) is 4.22. The van der Waals surface area contributed by atoms with Crippen molar-refractivity contribution >= 4 is 0 Å². The maximum atomic E-state index is 10.2. The Morgan fingerprint density at radius 1 is 1.35 bits per heavy atom. The van der Waals surface area contributed by atoms with Gasteiger partial charge in [0.15, 0.2) is 0 Å².